The Morgan fingerprint density at radius 1 is 1.11 bits per heavy atom. The first-order valence-corrected chi connectivity index (χ1v) is 12.9. The molecule has 200 valence electrons. The van der Waals surface area contributed by atoms with Crippen LogP contribution in [0.4, 0.5) is 5.69 Å². The number of benzene rings is 1. The minimum atomic E-state index is -0.324. The van der Waals surface area contributed by atoms with Crippen LogP contribution in [0.2, 0.25) is 0 Å². The number of para-hydroxylation sites is 1. The number of piperazine rings is 1. The van der Waals surface area contributed by atoms with Crippen molar-refractivity contribution < 1.29 is 14.3 Å². The number of carbonyl (C=O) groups excluding carboxylic acids is 2. The van der Waals surface area contributed by atoms with E-state index in [0.29, 0.717) is 18.2 Å². The van der Waals surface area contributed by atoms with E-state index < -0.39 is 0 Å². The van der Waals surface area contributed by atoms with E-state index in [1.807, 2.05) is 47.9 Å². The van der Waals surface area contributed by atoms with E-state index in [1.165, 1.54) is 0 Å². The molecule has 12 heteroatoms. The highest BCUT2D eigenvalue weighted by atomic mass is 35.5. The molecule has 1 amide bonds. The maximum Gasteiger partial charge on any atom is 0.341 e. The molecule has 4 heterocycles. The van der Waals surface area contributed by atoms with Crippen molar-refractivity contribution in [3.8, 4) is 0 Å². The van der Waals surface area contributed by atoms with E-state index in [4.69, 9.17) is 4.74 Å². The average Bonchev–Trinajstić information content (AvgIpc) is 3.56. The van der Waals surface area contributed by atoms with E-state index in [0.717, 1.165) is 73.9 Å². The highest BCUT2D eigenvalue weighted by Crippen LogP contribution is 2.31. The molecule has 8 nitrogen and oxygen atoms in total. The first kappa shape index (κ1) is 30.7. The molecule has 3 aliphatic heterocycles. The predicted octanol–water partition coefficient (Wildman–Crippen LogP) is 3.06. The van der Waals surface area contributed by atoms with Gasteiger partial charge in [0.05, 0.1) is 29.7 Å². The number of nitrogens with one attached hydrogen (secondary N) is 1. The van der Waals surface area contributed by atoms with Crippen molar-refractivity contribution in [2.75, 3.05) is 62.4 Å². The molecule has 2 aromatic rings. The molecule has 1 aromatic carbocycles. The molecule has 0 radical (unpaired) electrons. The van der Waals surface area contributed by atoms with Crippen LogP contribution in [0.25, 0.3) is 10.9 Å². The van der Waals surface area contributed by atoms with Gasteiger partial charge in [-0.3, -0.25) is 14.7 Å². The van der Waals surface area contributed by atoms with Crippen molar-refractivity contribution in [3.63, 3.8) is 0 Å². The lowest BCUT2D eigenvalue weighted by Gasteiger charge is -2.39. The molecule has 1 aromatic heterocycles. The minimum absolute atomic E-state index is 0. The standard InChI is InChI=1S/C24H31N5O3S.3ClH/c1-2-32-24(31)19-15-26-20-6-4-3-5-18(20)22(19)28-9-7-27(8-10-28)17-13-21(25-14-17)23(30)29-11-12-33-16-29;;;/h3-6,15,17,21,25H,2,7-14,16H2,1H3;3*1H/t17-,21-;;;/m0.../s1. The van der Waals surface area contributed by atoms with Crippen LogP contribution in [0.1, 0.15) is 23.7 Å². The summed E-state index contributed by atoms with van der Waals surface area (Å²) in [6.07, 6.45) is 2.52. The quantitative estimate of drug-likeness (QED) is 0.543. The van der Waals surface area contributed by atoms with Crippen molar-refractivity contribution in [3.05, 3.63) is 36.0 Å². The summed E-state index contributed by atoms with van der Waals surface area (Å²) in [6.45, 7) is 7.30. The Labute approximate surface area is 235 Å². The van der Waals surface area contributed by atoms with Gasteiger partial charge in [-0.1, -0.05) is 18.2 Å². The number of rotatable bonds is 5. The number of aromatic nitrogens is 1. The molecule has 0 saturated carbocycles. The summed E-state index contributed by atoms with van der Waals surface area (Å²) < 4.78 is 5.33. The van der Waals surface area contributed by atoms with Gasteiger partial charge in [0.15, 0.2) is 0 Å². The molecule has 3 fully saturated rings. The van der Waals surface area contributed by atoms with Gasteiger partial charge in [-0.25, -0.2) is 4.79 Å². The van der Waals surface area contributed by atoms with Gasteiger partial charge in [0.25, 0.3) is 0 Å². The summed E-state index contributed by atoms with van der Waals surface area (Å²) in [7, 11) is 0. The summed E-state index contributed by atoms with van der Waals surface area (Å²) in [5.41, 5.74) is 2.33. The van der Waals surface area contributed by atoms with Crippen LogP contribution in [0.5, 0.6) is 0 Å². The topological polar surface area (TPSA) is 78.0 Å². The number of nitrogens with zero attached hydrogens (tertiary/aromatic N) is 4. The maximum atomic E-state index is 12.8. The number of ether oxygens (including phenoxy) is 1. The zero-order valence-corrected chi connectivity index (χ0v) is 23.5. The molecule has 0 bridgehead atoms. The van der Waals surface area contributed by atoms with Gasteiger partial charge >= 0.3 is 5.97 Å². The van der Waals surface area contributed by atoms with Crippen LogP contribution in [-0.2, 0) is 9.53 Å². The van der Waals surface area contributed by atoms with Crippen LogP contribution in [-0.4, -0.2) is 96.2 Å². The molecular weight excluding hydrogens is 545 g/mol. The molecule has 0 unspecified atom stereocenters. The Morgan fingerprint density at radius 3 is 2.56 bits per heavy atom. The third-order valence-corrected chi connectivity index (χ3v) is 7.82. The van der Waals surface area contributed by atoms with Crippen molar-refractivity contribution in [2.45, 2.75) is 25.4 Å². The van der Waals surface area contributed by atoms with Gasteiger partial charge in [0.1, 0.15) is 5.56 Å². The fraction of sp³-hybridized carbons (Fsp3) is 0.542. The third kappa shape index (κ3) is 6.31. The second-order valence-electron chi connectivity index (χ2n) is 8.77. The zero-order valence-electron chi connectivity index (χ0n) is 20.3. The third-order valence-electron chi connectivity index (χ3n) is 6.86. The molecule has 0 aliphatic carbocycles. The second kappa shape index (κ2) is 13.9. The highest BCUT2D eigenvalue weighted by Gasteiger charge is 2.37. The summed E-state index contributed by atoms with van der Waals surface area (Å²) in [5, 5.41) is 4.44. The normalized spacial score (nSPS) is 21.9. The lowest BCUT2D eigenvalue weighted by Crippen LogP contribution is -2.51. The lowest BCUT2D eigenvalue weighted by molar-refractivity contribution is -0.131. The number of anilines is 1. The summed E-state index contributed by atoms with van der Waals surface area (Å²) >= 11 is 1.83. The first-order chi connectivity index (χ1) is 16.2. The number of carbonyl (C=O) groups is 2. The van der Waals surface area contributed by atoms with Gasteiger partial charge in [0.2, 0.25) is 5.91 Å². The second-order valence-corrected chi connectivity index (χ2v) is 9.85. The van der Waals surface area contributed by atoms with Crippen LogP contribution >= 0.6 is 49.0 Å². The van der Waals surface area contributed by atoms with Crippen molar-refractivity contribution in [1.29, 1.82) is 0 Å². The fourth-order valence-corrected chi connectivity index (χ4v) is 6.08. The minimum Gasteiger partial charge on any atom is -0.462 e. The first-order valence-electron chi connectivity index (χ1n) is 11.8. The number of esters is 1. The van der Waals surface area contributed by atoms with Crippen LogP contribution in [0, 0.1) is 0 Å². The molecule has 2 atom stereocenters. The molecule has 0 spiro atoms. The highest BCUT2D eigenvalue weighted by molar-refractivity contribution is 7.99. The van der Waals surface area contributed by atoms with Crippen molar-refractivity contribution in [2.24, 2.45) is 0 Å². The monoisotopic (exact) mass is 577 g/mol. The van der Waals surface area contributed by atoms with Gasteiger partial charge < -0.3 is 19.9 Å². The molecule has 1 N–H and O–H groups in total. The van der Waals surface area contributed by atoms with E-state index in [1.54, 1.807) is 6.20 Å². The Bertz CT molecular complexity index is 1040. The Kier molecular flexibility index (Phi) is 11.9. The molecular formula is C24H34Cl3N5O3S. The molecule has 3 saturated heterocycles. The van der Waals surface area contributed by atoms with Gasteiger partial charge in [-0.15, -0.1) is 49.0 Å². The number of amides is 1. The SMILES string of the molecule is CCOC(=O)c1cnc2ccccc2c1N1CCN([C@@H]2CN[C@H](C(=O)N3CCSC3)C2)CC1.Cl.Cl.Cl. The summed E-state index contributed by atoms with van der Waals surface area (Å²) in [6, 6.07) is 8.26. The van der Waals surface area contributed by atoms with Crippen LogP contribution in [0.3, 0.4) is 0 Å². The Balaban J connectivity index is 0.00000152. The van der Waals surface area contributed by atoms with E-state index in [9.17, 15) is 9.59 Å². The number of hydrogen-bond donors (Lipinski definition) is 1. The van der Waals surface area contributed by atoms with E-state index in [2.05, 4.69) is 20.1 Å². The number of halogens is 3. The largest absolute Gasteiger partial charge is 0.462 e. The summed E-state index contributed by atoms with van der Waals surface area (Å²) in [5.74, 6) is 1.79. The number of fused-ring (bicyclic) bond motifs is 1. The molecule has 5 rings (SSSR count). The van der Waals surface area contributed by atoms with Crippen molar-refractivity contribution in [1.82, 2.24) is 20.1 Å². The van der Waals surface area contributed by atoms with E-state index >= 15 is 0 Å². The lowest BCUT2D eigenvalue weighted by atomic mass is 10.1. The van der Waals surface area contributed by atoms with Crippen molar-refractivity contribution >= 4 is 77.4 Å². The predicted molar refractivity (Wildman–Crippen MR) is 152 cm³/mol. The smallest absolute Gasteiger partial charge is 0.341 e. The van der Waals surface area contributed by atoms with Gasteiger partial charge in [-0.2, -0.15) is 0 Å². The average molecular weight is 579 g/mol. The number of pyridine rings is 1. The number of thioether (sulfide) groups is 1. The zero-order chi connectivity index (χ0) is 22.8. The number of hydrogen-bond acceptors (Lipinski definition) is 8. The van der Waals surface area contributed by atoms with Gasteiger partial charge in [-0.05, 0) is 19.4 Å². The molecule has 36 heavy (non-hydrogen) atoms. The van der Waals surface area contributed by atoms with Crippen LogP contribution < -0.4 is 10.2 Å². The summed E-state index contributed by atoms with van der Waals surface area (Å²) in [4.78, 5) is 36.7. The fourth-order valence-electron chi connectivity index (χ4n) is 5.13. The Morgan fingerprint density at radius 2 is 1.86 bits per heavy atom. The van der Waals surface area contributed by atoms with Gasteiger partial charge in [0, 0.05) is 62.6 Å². The maximum absolute atomic E-state index is 12.8. The van der Waals surface area contributed by atoms with Crippen LogP contribution in [0.15, 0.2) is 30.5 Å². The van der Waals surface area contributed by atoms with E-state index in [-0.39, 0.29) is 55.1 Å². The Hall–Kier alpha value is -1.49. The molecule has 3 aliphatic rings.